The van der Waals surface area contributed by atoms with Gasteiger partial charge < -0.3 is 20.3 Å². The molecule has 1 unspecified atom stereocenters. The van der Waals surface area contributed by atoms with Gasteiger partial charge in [0, 0.05) is 31.9 Å². The van der Waals surface area contributed by atoms with E-state index in [2.05, 4.69) is 20.5 Å². The third kappa shape index (κ3) is 7.38. The van der Waals surface area contributed by atoms with Gasteiger partial charge in [0.15, 0.2) is 5.96 Å². The minimum Gasteiger partial charge on any atom is -0.489 e. The Labute approximate surface area is 189 Å². The van der Waals surface area contributed by atoms with Gasteiger partial charge in [-0.05, 0) is 50.1 Å². The molecule has 3 rings (SSSR count). The van der Waals surface area contributed by atoms with E-state index >= 15 is 0 Å². The molecule has 0 radical (unpaired) electrons. The first-order chi connectivity index (χ1) is 13.6. The second kappa shape index (κ2) is 11.8. The van der Waals surface area contributed by atoms with Crippen LogP contribution in [0.3, 0.4) is 0 Å². The van der Waals surface area contributed by atoms with Gasteiger partial charge in [0.05, 0.1) is 6.54 Å². The van der Waals surface area contributed by atoms with E-state index in [0.29, 0.717) is 12.6 Å². The summed E-state index contributed by atoms with van der Waals surface area (Å²) >= 11 is 0. The third-order valence-electron chi connectivity index (χ3n) is 4.87. The van der Waals surface area contributed by atoms with Gasteiger partial charge in [-0.1, -0.05) is 24.3 Å². The number of benzene rings is 2. The Bertz CT molecular complexity index is 766. The summed E-state index contributed by atoms with van der Waals surface area (Å²) in [6.07, 6.45) is 1.98. The highest BCUT2D eigenvalue weighted by atomic mass is 127. The predicted octanol–water partition coefficient (Wildman–Crippen LogP) is 4.05. The maximum atomic E-state index is 13.4. The van der Waals surface area contributed by atoms with Crippen molar-refractivity contribution in [2.45, 2.75) is 31.9 Å². The first kappa shape index (κ1) is 23.3. The molecule has 0 aliphatic carbocycles. The van der Waals surface area contributed by atoms with Crippen molar-refractivity contribution in [2.24, 2.45) is 4.99 Å². The maximum absolute atomic E-state index is 13.4. The molecule has 2 aromatic rings. The van der Waals surface area contributed by atoms with E-state index in [1.54, 1.807) is 19.2 Å². The number of rotatable bonds is 6. The quantitative estimate of drug-likeness (QED) is 0.349. The van der Waals surface area contributed by atoms with E-state index in [1.807, 2.05) is 43.3 Å². The van der Waals surface area contributed by atoms with Crippen LogP contribution in [0.1, 0.15) is 19.8 Å². The number of ether oxygens (including phenoxy) is 1. The third-order valence-corrected chi connectivity index (χ3v) is 4.87. The monoisotopic (exact) mass is 512 g/mol. The van der Waals surface area contributed by atoms with Crippen molar-refractivity contribution in [2.75, 3.05) is 31.6 Å². The minimum atomic E-state index is -0.186. The molecule has 7 heteroatoms. The smallest absolute Gasteiger partial charge is 0.191 e. The summed E-state index contributed by atoms with van der Waals surface area (Å²) in [5.41, 5.74) is 0.952. The van der Waals surface area contributed by atoms with Crippen LogP contribution >= 0.6 is 24.0 Å². The molecule has 0 spiro atoms. The van der Waals surface area contributed by atoms with Crippen LogP contribution in [0.25, 0.3) is 0 Å². The van der Waals surface area contributed by atoms with E-state index in [0.717, 1.165) is 43.3 Å². The van der Waals surface area contributed by atoms with Crippen molar-refractivity contribution in [1.29, 1.82) is 0 Å². The lowest BCUT2D eigenvalue weighted by Gasteiger charge is -2.34. The SMILES string of the molecule is CN=C(NCC(C)Oc1ccccc1)NC1CCN(c2cccc(F)c2)CC1.I. The Hall–Kier alpha value is -2.03. The number of nitrogens with zero attached hydrogens (tertiary/aromatic N) is 2. The normalized spacial score (nSPS) is 16.0. The summed E-state index contributed by atoms with van der Waals surface area (Å²) in [5.74, 6) is 1.46. The molecule has 1 atom stereocenters. The van der Waals surface area contributed by atoms with Crippen LogP contribution < -0.4 is 20.3 Å². The lowest BCUT2D eigenvalue weighted by Crippen LogP contribution is -2.50. The Balaban J connectivity index is 0.00000300. The molecule has 1 fully saturated rings. The van der Waals surface area contributed by atoms with Crippen LogP contribution in [0.5, 0.6) is 5.75 Å². The number of guanidine groups is 1. The first-order valence-electron chi connectivity index (χ1n) is 9.83. The van der Waals surface area contributed by atoms with Crippen LogP contribution in [0, 0.1) is 5.82 Å². The molecule has 1 saturated heterocycles. The summed E-state index contributed by atoms with van der Waals surface area (Å²) in [6.45, 7) is 4.48. The van der Waals surface area contributed by atoms with Crippen LogP contribution in [0.2, 0.25) is 0 Å². The van der Waals surface area contributed by atoms with Crippen molar-refractivity contribution in [1.82, 2.24) is 10.6 Å². The lowest BCUT2D eigenvalue weighted by molar-refractivity contribution is 0.223. The average Bonchev–Trinajstić information content (AvgIpc) is 2.72. The van der Waals surface area contributed by atoms with Crippen LogP contribution in [-0.2, 0) is 0 Å². The van der Waals surface area contributed by atoms with Crippen molar-refractivity contribution in [3.63, 3.8) is 0 Å². The Morgan fingerprint density at radius 1 is 1.17 bits per heavy atom. The number of halogens is 2. The number of para-hydroxylation sites is 1. The van der Waals surface area contributed by atoms with Crippen molar-refractivity contribution in [3.05, 3.63) is 60.4 Å². The van der Waals surface area contributed by atoms with Gasteiger partial charge >= 0.3 is 0 Å². The number of hydrogen-bond acceptors (Lipinski definition) is 3. The van der Waals surface area contributed by atoms with Gasteiger partial charge in [-0.15, -0.1) is 24.0 Å². The molecule has 2 N–H and O–H groups in total. The van der Waals surface area contributed by atoms with E-state index in [-0.39, 0.29) is 35.9 Å². The predicted molar refractivity (Wildman–Crippen MR) is 128 cm³/mol. The fraction of sp³-hybridized carbons (Fsp3) is 0.409. The highest BCUT2D eigenvalue weighted by Gasteiger charge is 2.20. The Kier molecular flexibility index (Phi) is 9.50. The van der Waals surface area contributed by atoms with Gasteiger partial charge in [0.25, 0.3) is 0 Å². The molecule has 0 saturated carbocycles. The molecule has 2 aromatic carbocycles. The first-order valence-corrected chi connectivity index (χ1v) is 9.83. The number of piperidine rings is 1. The summed E-state index contributed by atoms with van der Waals surface area (Å²) in [6, 6.07) is 17.0. The van der Waals surface area contributed by atoms with Crippen LogP contribution in [0.15, 0.2) is 59.6 Å². The van der Waals surface area contributed by atoms with E-state index in [1.165, 1.54) is 6.07 Å². The maximum Gasteiger partial charge on any atom is 0.191 e. The average molecular weight is 512 g/mol. The fourth-order valence-electron chi connectivity index (χ4n) is 3.36. The van der Waals surface area contributed by atoms with Crippen LogP contribution in [0.4, 0.5) is 10.1 Å². The van der Waals surface area contributed by atoms with Gasteiger partial charge in [0.2, 0.25) is 0 Å². The van der Waals surface area contributed by atoms with E-state index in [9.17, 15) is 4.39 Å². The molecule has 5 nitrogen and oxygen atoms in total. The molecule has 0 bridgehead atoms. The molecule has 1 aliphatic heterocycles. The van der Waals surface area contributed by atoms with Gasteiger partial charge in [-0.2, -0.15) is 0 Å². The second-order valence-electron chi connectivity index (χ2n) is 7.08. The van der Waals surface area contributed by atoms with Gasteiger partial charge in [-0.25, -0.2) is 4.39 Å². The zero-order valence-electron chi connectivity index (χ0n) is 17.0. The zero-order valence-corrected chi connectivity index (χ0v) is 19.3. The molecular weight excluding hydrogens is 482 g/mol. The lowest BCUT2D eigenvalue weighted by atomic mass is 10.0. The minimum absolute atomic E-state index is 0. The van der Waals surface area contributed by atoms with Crippen molar-refractivity contribution >= 4 is 35.6 Å². The topological polar surface area (TPSA) is 48.9 Å². The molecule has 1 heterocycles. The van der Waals surface area contributed by atoms with Gasteiger partial charge in [-0.3, -0.25) is 4.99 Å². The number of aliphatic imine (C=N–C) groups is 1. The summed E-state index contributed by atoms with van der Waals surface area (Å²) in [5, 5.41) is 6.83. The standard InChI is InChI=1S/C22H29FN4O.HI/c1-17(28-21-9-4-3-5-10-21)16-25-22(24-2)26-19-11-13-27(14-12-19)20-8-6-7-18(23)15-20;/h3-10,15,17,19H,11-14,16H2,1-2H3,(H2,24,25,26);1H. The Morgan fingerprint density at radius 2 is 1.90 bits per heavy atom. The van der Waals surface area contributed by atoms with Crippen molar-refractivity contribution in [3.8, 4) is 5.75 Å². The molecular formula is C22H30FIN4O. The number of nitrogens with one attached hydrogen (secondary N) is 2. The summed E-state index contributed by atoms with van der Waals surface area (Å²) in [4.78, 5) is 6.55. The molecule has 158 valence electrons. The molecule has 0 amide bonds. The largest absolute Gasteiger partial charge is 0.489 e. The summed E-state index contributed by atoms with van der Waals surface area (Å²) < 4.78 is 19.3. The Morgan fingerprint density at radius 3 is 2.55 bits per heavy atom. The summed E-state index contributed by atoms with van der Waals surface area (Å²) in [7, 11) is 1.78. The highest BCUT2D eigenvalue weighted by Crippen LogP contribution is 2.20. The highest BCUT2D eigenvalue weighted by molar-refractivity contribution is 14.0. The molecule has 1 aliphatic rings. The van der Waals surface area contributed by atoms with E-state index < -0.39 is 0 Å². The van der Waals surface area contributed by atoms with E-state index in [4.69, 9.17) is 4.74 Å². The molecule has 29 heavy (non-hydrogen) atoms. The number of anilines is 1. The van der Waals surface area contributed by atoms with Crippen LogP contribution in [-0.4, -0.2) is 44.8 Å². The molecule has 0 aromatic heterocycles. The van der Waals surface area contributed by atoms with Crippen molar-refractivity contribution < 1.29 is 9.13 Å². The number of hydrogen-bond donors (Lipinski definition) is 2. The van der Waals surface area contributed by atoms with Gasteiger partial charge in [0.1, 0.15) is 17.7 Å². The fourth-order valence-corrected chi connectivity index (χ4v) is 3.36. The zero-order chi connectivity index (χ0) is 19.8. The second-order valence-corrected chi connectivity index (χ2v) is 7.08.